The first-order valence-corrected chi connectivity index (χ1v) is 8.22. The largest absolute Gasteiger partial charge is 0.342 e. The molecule has 2 heterocycles. The second-order valence-corrected chi connectivity index (χ2v) is 6.72. The van der Waals surface area contributed by atoms with E-state index in [0.29, 0.717) is 24.4 Å². The van der Waals surface area contributed by atoms with Crippen LogP contribution in [-0.4, -0.2) is 44.6 Å². The first-order chi connectivity index (χ1) is 11.6. The average molecular weight is 347 g/mol. The van der Waals surface area contributed by atoms with Crippen LogP contribution in [0, 0.1) is 5.92 Å². The van der Waals surface area contributed by atoms with Gasteiger partial charge in [-0.2, -0.15) is 0 Å². The van der Waals surface area contributed by atoms with E-state index in [9.17, 15) is 14.4 Å². The molecule has 2 N–H and O–H groups in total. The SMILES string of the molecule is CC(C)C(N)CCN(C)C(=O)c1cnc2c(c1)c(=O)n(C)c(=O)n2C. The maximum atomic E-state index is 12.6. The number of nitrogens with zero attached hydrogens (tertiary/aromatic N) is 4. The molecule has 2 rings (SSSR count). The van der Waals surface area contributed by atoms with E-state index in [-0.39, 0.29) is 23.0 Å². The van der Waals surface area contributed by atoms with Gasteiger partial charge < -0.3 is 10.6 Å². The van der Waals surface area contributed by atoms with E-state index in [1.807, 2.05) is 13.8 Å². The molecule has 0 saturated heterocycles. The highest BCUT2D eigenvalue weighted by Crippen LogP contribution is 2.11. The second-order valence-electron chi connectivity index (χ2n) is 6.72. The zero-order valence-electron chi connectivity index (χ0n) is 15.3. The number of aromatic nitrogens is 3. The van der Waals surface area contributed by atoms with Crippen LogP contribution in [0.1, 0.15) is 30.6 Å². The van der Waals surface area contributed by atoms with Crippen LogP contribution in [0.15, 0.2) is 21.9 Å². The molecule has 1 amide bonds. The first-order valence-electron chi connectivity index (χ1n) is 8.22. The molecule has 0 aliphatic carbocycles. The molecular weight excluding hydrogens is 322 g/mol. The summed E-state index contributed by atoms with van der Waals surface area (Å²) in [5.74, 6) is 0.108. The Balaban J connectivity index is 2.34. The highest BCUT2D eigenvalue weighted by atomic mass is 16.2. The summed E-state index contributed by atoms with van der Waals surface area (Å²) in [6, 6.07) is 1.51. The predicted molar refractivity (Wildman–Crippen MR) is 96.6 cm³/mol. The molecule has 136 valence electrons. The lowest BCUT2D eigenvalue weighted by Gasteiger charge is -2.21. The van der Waals surface area contributed by atoms with Gasteiger partial charge in [-0.15, -0.1) is 0 Å². The van der Waals surface area contributed by atoms with Gasteiger partial charge in [0.25, 0.3) is 11.5 Å². The topological polar surface area (TPSA) is 103 Å². The highest BCUT2D eigenvalue weighted by molar-refractivity contribution is 5.96. The van der Waals surface area contributed by atoms with Gasteiger partial charge in [-0.05, 0) is 18.4 Å². The van der Waals surface area contributed by atoms with E-state index in [1.165, 1.54) is 30.9 Å². The Morgan fingerprint density at radius 3 is 2.52 bits per heavy atom. The maximum Gasteiger partial charge on any atom is 0.332 e. The molecule has 0 aliphatic rings. The quantitative estimate of drug-likeness (QED) is 0.825. The summed E-state index contributed by atoms with van der Waals surface area (Å²) in [4.78, 5) is 42.5. The minimum absolute atomic E-state index is 0.0202. The van der Waals surface area contributed by atoms with Crippen LogP contribution in [0.4, 0.5) is 0 Å². The van der Waals surface area contributed by atoms with Crippen LogP contribution < -0.4 is 17.0 Å². The van der Waals surface area contributed by atoms with E-state index < -0.39 is 11.2 Å². The molecule has 0 spiro atoms. The lowest BCUT2D eigenvalue weighted by Crippen LogP contribution is -2.38. The van der Waals surface area contributed by atoms with Gasteiger partial charge in [0.1, 0.15) is 5.65 Å². The normalized spacial score (nSPS) is 12.6. The molecule has 1 atom stereocenters. The number of amides is 1. The molecule has 0 bridgehead atoms. The number of fused-ring (bicyclic) bond motifs is 1. The van der Waals surface area contributed by atoms with Gasteiger partial charge in [-0.3, -0.25) is 18.7 Å². The van der Waals surface area contributed by atoms with E-state index in [4.69, 9.17) is 5.73 Å². The van der Waals surface area contributed by atoms with E-state index in [0.717, 1.165) is 4.57 Å². The number of carbonyl (C=O) groups is 1. The van der Waals surface area contributed by atoms with Gasteiger partial charge in [0.2, 0.25) is 0 Å². The third-order valence-corrected chi connectivity index (χ3v) is 4.54. The summed E-state index contributed by atoms with van der Waals surface area (Å²) >= 11 is 0. The molecular formula is C17H25N5O3. The molecule has 2 aromatic rings. The maximum absolute atomic E-state index is 12.6. The van der Waals surface area contributed by atoms with Crippen molar-refractivity contribution in [2.45, 2.75) is 26.3 Å². The summed E-state index contributed by atoms with van der Waals surface area (Å²) in [6.45, 7) is 4.60. The first kappa shape index (κ1) is 18.9. The summed E-state index contributed by atoms with van der Waals surface area (Å²) in [5.41, 5.74) is 5.66. The number of hydrogen-bond acceptors (Lipinski definition) is 5. The summed E-state index contributed by atoms with van der Waals surface area (Å²) in [6.07, 6.45) is 2.08. The number of rotatable bonds is 5. The second kappa shape index (κ2) is 7.18. The standard InChI is InChI=1S/C17H25N5O3/c1-10(2)13(18)6-7-20(3)15(23)11-8-12-14(19-9-11)21(4)17(25)22(5)16(12)24/h8-10,13H,6-7,18H2,1-5H3. The lowest BCUT2D eigenvalue weighted by molar-refractivity contribution is 0.0789. The average Bonchev–Trinajstić information content (AvgIpc) is 2.60. The Morgan fingerprint density at radius 2 is 1.92 bits per heavy atom. The van der Waals surface area contributed by atoms with E-state index in [1.54, 1.807) is 11.9 Å². The molecule has 0 aliphatic heterocycles. The van der Waals surface area contributed by atoms with Crippen molar-refractivity contribution in [3.8, 4) is 0 Å². The molecule has 0 fully saturated rings. The smallest absolute Gasteiger partial charge is 0.332 e. The van der Waals surface area contributed by atoms with Gasteiger partial charge in [0, 0.05) is 39.9 Å². The van der Waals surface area contributed by atoms with Crippen molar-refractivity contribution in [2.75, 3.05) is 13.6 Å². The zero-order valence-corrected chi connectivity index (χ0v) is 15.3. The summed E-state index contributed by atoms with van der Waals surface area (Å²) in [5, 5.41) is 0.239. The molecule has 25 heavy (non-hydrogen) atoms. The van der Waals surface area contributed by atoms with Crippen molar-refractivity contribution < 1.29 is 4.79 Å². The summed E-state index contributed by atoms with van der Waals surface area (Å²) < 4.78 is 2.29. The van der Waals surface area contributed by atoms with Crippen molar-refractivity contribution in [2.24, 2.45) is 25.7 Å². The van der Waals surface area contributed by atoms with Crippen molar-refractivity contribution in [3.05, 3.63) is 38.7 Å². The van der Waals surface area contributed by atoms with Crippen molar-refractivity contribution in [1.29, 1.82) is 0 Å². The van der Waals surface area contributed by atoms with Crippen molar-refractivity contribution in [1.82, 2.24) is 19.0 Å². The number of nitrogens with two attached hydrogens (primary N) is 1. The van der Waals surface area contributed by atoms with Crippen molar-refractivity contribution >= 4 is 16.9 Å². The van der Waals surface area contributed by atoms with E-state index in [2.05, 4.69) is 4.98 Å². The molecule has 2 aromatic heterocycles. The fraction of sp³-hybridized carbons (Fsp3) is 0.529. The number of pyridine rings is 1. The van der Waals surface area contributed by atoms with Crippen LogP contribution in [0.3, 0.4) is 0 Å². The molecule has 8 heteroatoms. The number of aryl methyl sites for hydroxylation is 1. The Hall–Kier alpha value is -2.48. The van der Waals surface area contributed by atoms with E-state index >= 15 is 0 Å². The van der Waals surface area contributed by atoms with Gasteiger partial charge >= 0.3 is 5.69 Å². The molecule has 0 saturated carbocycles. The lowest BCUT2D eigenvalue weighted by atomic mass is 10.0. The van der Waals surface area contributed by atoms with Gasteiger partial charge in [0.05, 0.1) is 10.9 Å². The monoisotopic (exact) mass is 347 g/mol. The highest BCUT2D eigenvalue weighted by Gasteiger charge is 2.17. The van der Waals surface area contributed by atoms with Crippen molar-refractivity contribution in [3.63, 3.8) is 0 Å². The van der Waals surface area contributed by atoms with Gasteiger partial charge in [-0.1, -0.05) is 13.8 Å². The Morgan fingerprint density at radius 1 is 1.28 bits per heavy atom. The fourth-order valence-electron chi connectivity index (χ4n) is 2.58. The Kier molecular flexibility index (Phi) is 5.42. The third-order valence-electron chi connectivity index (χ3n) is 4.54. The van der Waals surface area contributed by atoms with Gasteiger partial charge in [-0.25, -0.2) is 9.78 Å². The molecule has 0 aromatic carbocycles. The third kappa shape index (κ3) is 3.63. The molecule has 1 unspecified atom stereocenters. The van der Waals surface area contributed by atoms with Crippen LogP contribution in [0.25, 0.3) is 11.0 Å². The fourth-order valence-corrected chi connectivity index (χ4v) is 2.58. The number of hydrogen-bond donors (Lipinski definition) is 1. The minimum atomic E-state index is -0.468. The Labute approximate surface area is 145 Å². The zero-order chi connectivity index (χ0) is 18.9. The van der Waals surface area contributed by atoms with Gasteiger partial charge in [0.15, 0.2) is 0 Å². The van der Waals surface area contributed by atoms with Crippen LogP contribution in [-0.2, 0) is 14.1 Å². The van der Waals surface area contributed by atoms with Crippen LogP contribution >= 0.6 is 0 Å². The number of carbonyl (C=O) groups excluding carboxylic acids is 1. The minimum Gasteiger partial charge on any atom is -0.342 e. The molecule has 0 radical (unpaired) electrons. The Bertz CT molecular complexity index is 913. The van der Waals surface area contributed by atoms with Crippen LogP contribution in [0.2, 0.25) is 0 Å². The van der Waals surface area contributed by atoms with Crippen LogP contribution in [0.5, 0.6) is 0 Å². The molecule has 8 nitrogen and oxygen atoms in total. The summed E-state index contributed by atoms with van der Waals surface area (Å²) in [7, 11) is 4.63. The predicted octanol–water partition coefficient (Wildman–Crippen LogP) is 0.0776.